The summed E-state index contributed by atoms with van der Waals surface area (Å²) in [6.45, 7) is 0.993. The molecule has 1 aliphatic heterocycles. The van der Waals surface area contributed by atoms with E-state index in [1.165, 1.54) is 17.7 Å². The number of rotatable bonds is 1. The van der Waals surface area contributed by atoms with E-state index in [4.69, 9.17) is 17.3 Å². The van der Waals surface area contributed by atoms with E-state index >= 15 is 0 Å². The van der Waals surface area contributed by atoms with E-state index in [0.29, 0.717) is 18.8 Å². The lowest BCUT2D eigenvalue weighted by Crippen LogP contribution is -2.36. The first-order chi connectivity index (χ1) is 10.1. The Kier molecular flexibility index (Phi) is 3.55. The summed E-state index contributed by atoms with van der Waals surface area (Å²) < 4.78 is 14.0. The summed E-state index contributed by atoms with van der Waals surface area (Å²) in [5.41, 5.74) is 8.64. The smallest absolute Gasteiger partial charge is 0.257 e. The van der Waals surface area contributed by atoms with Crippen molar-refractivity contribution in [1.82, 2.24) is 4.90 Å². The minimum atomic E-state index is -0.664. The van der Waals surface area contributed by atoms with E-state index in [1.54, 1.807) is 11.0 Å². The molecule has 0 aliphatic carbocycles. The highest BCUT2D eigenvalue weighted by atomic mass is 35.5. The lowest BCUT2D eigenvalue weighted by molar-refractivity contribution is 0.0730. The first-order valence-electron chi connectivity index (χ1n) is 6.67. The van der Waals surface area contributed by atoms with Crippen LogP contribution in [-0.2, 0) is 13.0 Å². The maximum Gasteiger partial charge on any atom is 0.257 e. The molecule has 0 fully saturated rings. The van der Waals surface area contributed by atoms with Crippen molar-refractivity contribution in [3.63, 3.8) is 0 Å². The monoisotopic (exact) mass is 304 g/mol. The molecule has 3 rings (SSSR count). The fourth-order valence-electron chi connectivity index (χ4n) is 2.59. The molecule has 2 aromatic carbocycles. The van der Waals surface area contributed by atoms with Crippen molar-refractivity contribution < 1.29 is 9.18 Å². The zero-order valence-electron chi connectivity index (χ0n) is 11.3. The SMILES string of the molecule is Nc1ccc2c(c1)CN(C(=O)c1cccc(Cl)c1F)CC2. The molecule has 0 spiro atoms. The van der Waals surface area contributed by atoms with Gasteiger partial charge in [-0.25, -0.2) is 4.39 Å². The number of benzene rings is 2. The van der Waals surface area contributed by atoms with E-state index in [1.807, 2.05) is 18.2 Å². The van der Waals surface area contributed by atoms with Gasteiger partial charge in [0.1, 0.15) is 0 Å². The minimum absolute atomic E-state index is 0.00912. The van der Waals surface area contributed by atoms with E-state index in [2.05, 4.69) is 0 Å². The van der Waals surface area contributed by atoms with Gasteiger partial charge in [-0.05, 0) is 41.8 Å². The van der Waals surface area contributed by atoms with Crippen LogP contribution in [-0.4, -0.2) is 17.4 Å². The lowest BCUT2D eigenvalue weighted by atomic mass is 9.98. The molecule has 21 heavy (non-hydrogen) atoms. The maximum atomic E-state index is 14.0. The van der Waals surface area contributed by atoms with Gasteiger partial charge in [0.05, 0.1) is 10.6 Å². The first kappa shape index (κ1) is 13.9. The molecule has 5 heteroatoms. The number of nitrogen functional groups attached to an aromatic ring is 1. The zero-order chi connectivity index (χ0) is 15.0. The second kappa shape index (κ2) is 5.37. The van der Waals surface area contributed by atoms with Gasteiger partial charge in [-0.1, -0.05) is 23.7 Å². The van der Waals surface area contributed by atoms with E-state index < -0.39 is 5.82 Å². The third kappa shape index (κ3) is 2.59. The average Bonchev–Trinajstić information content (AvgIpc) is 2.48. The number of carbonyl (C=O) groups is 1. The van der Waals surface area contributed by atoms with Crippen LogP contribution in [0.25, 0.3) is 0 Å². The third-order valence-corrected chi connectivity index (χ3v) is 4.00. The average molecular weight is 305 g/mol. The van der Waals surface area contributed by atoms with Gasteiger partial charge in [-0.2, -0.15) is 0 Å². The molecule has 108 valence electrons. The number of hydrogen-bond donors (Lipinski definition) is 1. The van der Waals surface area contributed by atoms with Crippen molar-refractivity contribution in [2.45, 2.75) is 13.0 Å². The molecule has 0 bridgehead atoms. The van der Waals surface area contributed by atoms with Gasteiger partial charge < -0.3 is 10.6 Å². The van der Waals surface area contributed by atoms with E-state index in [-0.39, 0.29) is 16.5 Å². The molecule has 0 unspecified atom stereocenters. The number of amides is 1. The van der Waals surface area contributed by atoms with Gasteiger partial charge in [0, 0.05) is 18.8 Å². The maximum absolute atomic E-state index is 14.0. The molecule has 0 radical (unpaired) electrons. The first-order valence-corrected chi connectivity index (χ1v) is 7.04. The Morgan fingerprint density at radius 3 is 2.86 bits per heavy atom. The number of nitrogens with two attached hydrogens (primary N) is 1. The largest absolute Gasteiger partial charge is 0.399 e. The highest BCUT2D eigenvalue weighted by Gasteiger charge is 2.24. The van der Waals surface area contributed by atoms with Crippen LogP contribution >= 0.6 is 11.6 Å². The summed E-state index contributed by atoms with van der Waals surface area (Å²) >= 11 is 5.74. The molecule has 3 nitrogen and oxygen atoms in total. The van der Waals surface area contributed by atoms with Crippen LogP contribution < -0.4 is 5.73 Å². The van der Waals surface area contributed by atoms with Crippen LogP contribution in [0.15, 0.2) is 36.4 Å². The van der Waals surface area contributed by atoms with Crippen molar-refractivity contribution in [3.8, 4) is 0 Å². The molecule has 0 aromatic heterocycles. The lowest BCUT2D eigenvalue weighted by Gasteiger charge is -2.29. The minimum Gasteiger partial charge on any atom is -0.399 e. The van der Waals surface area contributed by atoms with Gasteiger partial charge in [0.25, 0.3) is 5.91 Å². The molecule has 1 amide bonds. The Bertz CT molecular complexity index is 717. The normalized spacial score (nSPS) is 13.9. The number of halogens is 2. The third-order valence-electron chi connectivity index (χ3n) is 3.71. The molecular weight excluding hydrogens is 291 g/mol. The summed E-state index contributed by atoms with van der Waals surface area (Å²) in [7, 11) is 0. The van der Waals surface area contributed by atoms with Crippen molar-refractivity contribution in [3.05, 3.63) is 63.9 Å². The molecule has 2 N–H and O–H groups in total. The van der Waals surface area contributed by atoms with Crippen LogP contribution in [0, 0.1) is 5.82 Å². The second-order valence-corrected chi connectivity index (χ2v) is 5.51. The molecular formula is C16H14ClFN2O. The standard InChI is InChI=1S/C16H14ClFN2O/c17-14-3-1-2-13(15(14)18)16(21)20-7-6-10-4-5-12(19)8-11(10)9-20/h1-5,8H,6-7,9,19H2. The summed E-state index contributed by atoms with van der Waals surface area (Å²) in [5.74, 6) is -1.01. The molecule has 0 atom stereocenters. The van der Waals surface area contributed by atoms with Crippen LogP contribution in [0.3, 0.4) is 0 Å². The number of carbonyl (C=O) groups excluding carboxylic acids is 1. The Morgan fingerprint density at radius 1 is 1.24 bits per heavy atom. The fraction of sp³-hybridized carbons (Fsp3) is 0.188. The van der Waals surface area contributed by atoms with Crippen LogP contribution in [0.2, 0.25) is 5.02 Å². The van der Waals surface area contributed by atoms with Crippen molar-refractivity contribution in [2.75, 3.05) is 12.3 Å². The number of hydrogen-bond acceptors (Lipinski definition) is 2. The predicted octanol–water partition coefficient (Wildman–Crippen LogP) is 3.26. The Hall–Kier alpha value is -2.07. The van der Waals surface area contributed by atoms with E-state index in [0.717, 1.165) is 12.0 Å². The van der Waals surface area contributed by atoms with Gasteiger partial charge in [0.15, 0.2) is 5.82 Å². The topological polar surface area (TPSA) is 46.3 Å². The molecule has 0 saturated carbocycles. The number of fused-ring (bicyclic) bond motifs is 1. The van der Waals surface area contributed by atoms with Crippen molar-refractivity contribution in [2.24, 2.45) is 0 Å². The van der Waals surface area contributed by atoms with Gasteiger partial charge in [0.2, 0.25) is 0 Å². The highest BCUT2D eigenvalue weighted by molar-refractivity contribution is 6.31. The summed E-state index contributed by atoms with van der Waals surface area (Å²) in [4.78, 5) is 14.1. The zero-order valence-corrected chi connectivity index (χ0v) is 12.0. The van der Waals surface area contributed by atoms with Crippen LogP contribution in [0.1, 0.15) is 21.5 Å². The Morgan fingerprint density at radius 2 is 2.05 bits per heavy atom. The summed E-state index contributed by atoms with van der Waals surface area (Å²) in [6, 6.07) is 10.2. The molecule has 1 aliphatic rings. The molecule has 2 aromatic rings. The highest BCUT2D eigenvalue weighted by Crippen LogP contribution is 2.25. The van der Waals surface area contributed by atoms with Gasteiger partial charge in [-0.15, -0.1) is 0 Å². The predicted molar refractivity (Wildman–Crippen MR) is 80.7 cm³/mol. The van der Waals surface area contributed by atoms with Crippen LogP contribution in [0.4, 0.5) is 10.1 Å². The fourth-order valence-corrected chi connectivity index (χ4v) is 2.76. The summed E-state index contributed by atoms with van der Waals surface area (Å²) in [5, 5.41) is -0.0393. The van der Waals surface area contributed by atoms with Crippen molar-refractivity contribution in [1.29, 1.82) is 0 Å². The quantitative estimate of drug-likeness (QED) is 0.822. The van der Waals surface area contributed by atoms with Crippen LogP contribution in [0.5, 0.6) is 0 Å². The molecule has 0 saturated heterocycles. The second-order valence-electron chi connectivity index (χ2n) is 5.11. The van der Waals surface area contributed by atoms with Gasteiger partial charge in [-0.3, -0.25) is 4.79 Å². The Balaban J connectivity index is 1.89. The number of nitrogens with zero attached hydrogens (tertiary/aromatic N) is 1. The van der Waals surface area contributed by atoms with Crippen molar-refractivity contribution >= 4 is 23.2 Å². The number of anilines is 1. The Labute approximate surface area is 127 Å². The molecule has 1 heterocycles. The van der Waals surface area contributed by atoms with E-state index in [9.17, 15) is 9.18 Å². The summed E-state index contributed by atoms with van der Waals surface area (Å²) in [6.07, 6.45) is 0.740. The van der Waals surface area contributed by atoms with Gasteiger partial charge >= 0.3 is 0 Å².